The summed E-state index contributed by atoms with van der Waals surface area (Å²) >= 11 is 0. The second-order valence-corrected chi connectivity index (χ2v) is 5.83. The van der Waals surface area contributed by atoms with Crippen LogP contribution >= 0.6 is 0 Å². The van der Waals surface area contributed by atoms with E-state index < -0.39 is 0 Å². The summed E-state index contributed by atoms with van der Waals surface area (Å²) in [6.45, 7) is 3.06. The van der Waals surface area contributed by atoms with Gasteiger partial charge in [0.05, 0.1) is 6.26 Å². The van der Waals surface area contributed by atoms with Gasteiger partial charge in [-0.1, -0.05) is 0 Å². The van der Waals surface area contributed by atoms with E-state index in [4.69, 9.17) is 8.83 Å². The van der Waals surface area contributed by atoms with Crippen LogP contribution in [0.2, 0.25) is 0 Å². The number of furan rings is 2. The third kappa shape index (κ3) is 3.95. The quantitative estimate of drug-likeness (QED) is 0.875. The maximum atomic E-state index is 12.2. The zero-order chi connectivity index (χ0) is 16.9. The minimum Gasteiger partial charge on any atom is -0.462 e. The van der Waals surface area contributed by atoms with Gasteiger partial charge in [-0.05, 0) is 50.1 Å². The Hall–Kier alpha value is -2.76. The second kappa shape index (κ2) is 7.21. The first kappa shape index (κ1) is 16.1. The van der Waals surface area contributed by atoms with E-state index in [9.17, 15) is 9.59 Å². The summed E-state index contributed by atoms with van der Waals surface area (Å²) in [5.41, 5.74) is 0. The number of carbonyl (C=O) groups excluding carboxylic acids is 2. The molecule has 2 aromatic rings. The first-order valence-corrected chi connectivity index (χ1v) is 7.99. The molecule has 1 aliphatic rings. The number of likely N-dealkylation sites (tertiary alicyclic amines) is 1. The molecule has 2 amide bonds. The van der Waals surface area contributed by atoms with Crippen molar-refractivity contribution in [2.45, 2.75) is 25.8 Å². The van der Waals surface area contributed by atoms with Crippen molar-refractivity contribution < 1.29 is 18.4 Å². The monoisotopic (exact) mass is 328 g/mol. The summed E-state index contributed by atoms with van der Waals surface area (Å²) in [6, 6.07) is 7.10. The summed E-state index contributed by atoms with van der Waals surface area (Å²) in [5, 5.41) is 2.96. The third-order valence-electron chi connectivity index (χ3n) is 4.02. The van der Waals surface area contributed by atoms with E-state index in [-0.39, 0.29) is 17.9 Å². The summed E-state index contributed by atoms with van der Waals surface area (Å²) in [7, 11) is 0. The molecule has 0 radical (unpaired) electrons. The normalized spacial score (nSPS) is 15.8. The van der Waals surface area contributed by atoms with Crippen LogP contribution < -0.4 is 5.32 Å². The van der Waals surface area contributed by atoms with Gasteiger partial charge in [0, 0.05) is 25.2 Å². The lowest BCUT2D eigenvalue weighted by atomic mass is 10.0. The smallest absolute Gasteiger partial charge is 0.289 e. The van der Waals surface area contributed by atoms with Gasteiger partial charge in [0.1, 0.15) is 11.5 Å². The summed E-state index contributed by atoms with van der Waals surface area (Å²) < 4.78 is 10.5. The van der Waals surface area contributed by atoms with Gasteiger partial charge < -0.3 is 19.1 Å². The summed E-state index contributed by atoms with van der Waals surface area (Å²) in [4.78, 5) is 25.9. The van der Waals surface area contributed by atoms with Crippen LogP contribution in [0, 0.1) is 6.92 Å². The number of carbonyl (C=O) groups is 2. The fraction of sp³-hybridized carbons (Fsp3) is 0.333. The van der Waals surface area contributed by atoms with Crippen LogP contribution in [0.4, 0.5) is 0 Å². The molecule has 1 aliphatic heterocycles. The number of piperidine rings is 1. The van der Waals surface area contributed by atoms with Gasteiger partial charge >= 0.3 is 0 Å². The van der Waals surface area contributed by atoms with Gasteiger partial charge in [-0.2, -0.15) is 0 Å². The molecule has 0 atom stereocenters. The standard InChI is InChI=1S/C18H20N2O4/c1-13-4-5-15(24-13)6-7-17(21)19-14-8-10-20(11-9-14)18(22)16-3-2-12-23-16/h2-7,12,14H,8-11H2,1H3,(H,19,21)/b7-6+. The molecule has 0 unspecified atom stereocenters. The molecule has 1 N–H and O–H groups in total. The van der Waals surface area contributed by atoms with Crippen molar-refractivity contribution in [3.05, 3.63) is 53.9 Å². The average Bonchev–Trinajstić information content (AvgIpc) is 3.25. The van der Waals surface area contributed by atoms with Crippen LogP contribution in [0.3, 0.4) is 0 Å². The van der Waals surface area contributed by atoms with Crippen molar-refractivity contribution in [1.82, 2.24) is 10.2 Å². The maximum Gasteiger partial charge on any atom is 0.289 e. The van der Waals surface area contributed by atoms with Crippen molar-refractivity contribution in [1.29, 1.82) is 0 Å². The number of rotatable bonds is 4. The molecule has 24 heavy (non-hydrogen) atoms. The van der Waals surface area contributed by atoms with E-state index in [1.165, 1.54) is 12.3 Å². The fourth-order valence-electron chi connectivity index (χ4n) is 2.73. The van der Waals surface area contributed by atoms with Gasteiger partial charge in [-0.25, -0.2) is 0 Å². The van der Waals surface area contributed by atoms with Gasteiger partial charge in [0.2, 0.25) is 5.91 Å². The van der Waals surface area contributed by atoms with Crippen LogP contribution in [0.15, 0.2) is 45.4 Å². The Balaban J connectivity index is 1.46. The predicted octanol–water partition coefficient (Wildman–Crippen LogP) is 2.62. The van der Waals surface area contributed by atoms with Crippen LogP contribution in [0.25, 0.3) is 6.08 Å². The van der Waals surface area contributed by atoms with Gasteiger partial charge in [-0.3, -0.25) is 9.59 Å². The Labute approximate surface area is 140 Å². The predicted molar refractivity (Wildman–Crippen MR) is 88.3 cm³/mol. The molecular weight excluding hydrogens is 308 g/mol. The number of aryl methyl sites for hydroxylation is 1. The van der Waals surface area contributed by atoms with Crippen molar-refractivity contribution in [3.63, 3.8) is 0 Å². The maximum absolute atomic E-state index is 12.2. The highest BCUT2D eigenvalue weighted by Crippen LogP contribution is 2.14. The molecule has 1 saturated heterocycles. The van der Waals surface area contributed by atoms with Crippen LogP contribution in [0.1, 0.15) is 34.9 Å². The lowest BCUT2D eigenvalue weighted by Crippen LogP contribution is -2.46. The van der Waals surface area contributed by atoms with E-state index in [0.717, 1.165) is 18.6 Å². The van der Waals surface area contributed by atoms with Crippen molar-refractivity contribution in [2.75, 3.05) is 13.1 Å². The van der Waals surface area contributed by atoms with Crippen LogP contribution in [0.5, 0.6) is 0 Å². The molecule has 0 saturated carbocycles. The van der Waals surface area contributed by atoms with Crippen molar-refractivity contribution in [3.8, 4) is 0 Å². The van der Waals surface area contributed by atoms with Crippen molar-refractivity contribution >= 4 is 17.9 Å². The Morgan fingerprint density at radius 2 is 2.04 bits per heavy atom. The molecule has 1 fully saturated rings. The second-order valence-electron chi connectivity index (χ2n) is 5.83. The lowest BCUT2D eigenvalue weighted by molar-refractivity contribution is -0.117. The first-order chi connectivity index (χ1) is 11.6. The SMILES string of the molecule is Cc1ccc(/C=C/C(=O)NC2CCN(C(=O)c3ccco3)CC2)o1. The zero-order valence-electron chi connectivity index (χ0n) is 13.5. The van der Waals surface area contributed by atoms with E-state index in [1.807, 2.05) is 19.1 Å². The number of hydrogen-bond acceptors (Lipinski definition) is 4. The zero-order valence-corrected chi connectivity index (χ0v) is 13.5. The van der Waals surface area contributed by atoms with Gasteiger partial charge in [0.25, 0.3) is 5.91 Å². The lowest BCUT2D eigenvalue weighted by Gasteiger charge is -2.31. The Bertz CT molecular complexity index is 722. The first-order valence-electron chi connectivity index (χ1n) is 7.99. The Morgan fingerprint density at radius 3 is 2.67 bits per heavy atom. The Kier molecular flexibility index (Phi) is 4.84. The number of hydrogen-bond donors (Lipinski definition) is 1. The molecule has 2 aromatic heterocycles. The summed E-state index contributed by atoms with van der Waals surface area (Å²) in [5.74, 6) is 1.57. The van der Waals surface area contributed by atoms with Crippen LogP contribution in [-0.4, -0.2) is 35.8 Å². The van der Waals surface area contributed by atoms with E-state index in [0.29, 0.717) is 24.6 Å². The fourth-order valence-corrected chi connectivity index (χ4v) is 2.73. The van der Waals surface area contributed by atoms with Gasteiger partial charge in [-0.15, -0.1) is 0 Å². The molecular formula is C18H20N2O4. The molecule has 3 heterocycles. The van der Waals surface area contributed by atoms with Crippen molar-refractivity contribution in [2.24, 2.45) is 0 Å². The topological polar surface area (TPSA) is 75.7 Å². The average molecular weight is 328 g/mol. The van der Waals surface area contributed by atoms with E-state index in [1.54, 1.807) is 23.1 Å². The highest BCUT2D eigenvalue weighted by atomic mass is 16.3. The number of amides is 2. The largest absolute Gasteiger partial charge is 0.462 e. The van der Waals surface area contributed by atoms with E-state index in [2.05, 4.69) is 5.32 Å². The molecule has 0 bridgehead atoms. The highest BCUT2D eigenvalue weighted by molar-refractivity contribution is 5.92. The Morgan fingerprint density at radius 1 is 1.25 bits per heavy atom. The highest BCUT2D eigenvalue weighted by Gasteiger charge is 2.25. The minimum atomic E-state index is -0.153. The number of nitrogens with one attached hydrogen (secondary N) is 1. The summed E-state index contributed by atoms with van der Waals surface area (Å²) in [6.07, 6.45) is 6.07. The van der Waals surface area contributed by atoms with Crippen LogP contribution in [-0.2, 0) is 4.79 Å². The molecule has 6 heteroatoms. The third-order valence-corrected chi connectivity index (χ3v) is 4.02. The molecule has 3 rings (SSSR count). The molecule has 0 aliphatic carbocycles. The molecule has 0 aromatic carbocycles. The molecule has 126 valence electrons. The molecule has 6 nitrogen and oxygen atoms in total. The van der Waals surface area contributed by atoms with Gasteiger partial charge in [0.15, 0.2) is 5.76 Å². The minimum absolute atomic E-state index is 0.0705. The number of nitrogens with zero attached hydrogens (tertiary/aromatic N) is 1. The molecule has 0 spiro atoms. The van der Waals surface area contributed by atoms with E-state index >= 15 is 0 Å².